The van der Waals surface area contributed by atoms with Gasteiger partial charge >= 0.3 is 0 Å². The first kappa shape index (κ1) is 20.1. The molecule has 1 amide bonds. The average molecular weight is 406 g/mol. The normalized spacial score (nSPS) is 10.7. The molecule has 0 bridgehead atoms. The number of benzene rings is 4. The molecule has 0 aliphatic carbocycles. The van der Waals surface area contributed by atoms with Gasteiger partial charge in [-0.05, 0) is 28.3 Å². The summed E-state index contributed by atoms with van der Waals surface area (Å²) in [5.41, 5.74) is 7.68. The van der Waals surface area contributed by atoms with E-state index < -0.39 is 0 Å². The molecule has 0 aliphatic heterocycles. The lowest BCUT2D eigenvalue weighted by Gasteiger charge is -2.10. The zero-order valence-corrected chi connectivity index (χ0v) is 16.9. The van der Waals surface area contributed by atoms with Crippen LogP contribution < -0.4 is 10.2 Å². The molecular weight excluding hydrogens is 384 g/mol. The number of rotatable bonds is 7. The van der Waals surface area contributed by atoms with Gasteiger partial charge in [0.1, 0.15) is 5.75 Å². The van der Waals surface area contributed by atoms with Gasteiger partial charge in [-0.15, -0.1) is 0 Å². The summed E-state index contributed by atoms with van der Waals surface area (Å²) in [6.45, 7) is -0.117. The smallest absolute Gasteiger partial charge is 0.277 e. The van der Waals surface area contributed by atoms with Gasteiger partial charge in [0, 0.05) is 5.56 Å². The Balaban J connectivity index is 1.32. The molecule has 4 rings (SSSR count). The Kier molecular flexibility index (Phi) is 6.51. The van der Waals surface area contributed by atoms with E-state index in [9.17, 15) is 4.79 Å². The maximum absolute atomic E-state index is 12.1. The summed E-state index contributed by atoms with van der Waals surface area (Å²) in [7, 11) is 0. The van der Waals surface area contributed by atoms with Crippen LogP contribution >= 0.6 is 0 Å². The molecule has 4 aromatic carbocycles. The second-order valence-corrected chi connectivity index (χ2v) is 6.93. The highest BCUT2D eigenvalue weighted by atomic mass is 16.5. The van der Waals surface area contributed by atoms with Crippen molar-refractivity contribution in [3.05, 3.63) is 115 Å². The molecule has 0 saturated carbocycles. The Morgan fingerprint density at radius 2 is 1.29 bits per heavy atom. The van der Waals surface area contributed by atoms with Crippen molar-refractivity contribution in [3.8, 4) is 28.0 Å². The zero-order valence-electron chi connectivity index (χ0n) is 16.9. The van der Waals surface area contributed by atoms with Crippen molar-refractivity contribution in [1.29, 1.82) is 0 Å². The summed E-state index contributed by atoms with van der Waals surface area (Å²) < 4.78 is 5.73. The third-order valence-corrected chi connectivity index (χ3v) is 4.75. The van der Waals surface area contributed by atoms with E-state index >= 15 is 0 Å². The number of ether oxygens (including phenoxy) is 1. The van der Waals surface area contributed by atoms with Gasteiger partial charge in [0.05, 0.1) is 6.21 Å². The number of carbonyl (C=O) groups is 1. The van der Waals surface area contributed by atoms with Gasteiger partial charge in [-0.3, -0.25) is 4.79 Å². The van der Waals surface area contributed by atoms with Crippen molar-refractivity contribution in [3.63, 3.8) is 0 Å². The highest BCUT2D eigenvalue weighted by molar-refractivity contribution is 5.84. The van der Waals surface area contributed by atoms with Crippen LogP contribution in [0.15, 0.2) is 114 Å². The number of para-hydroxylation sites is 1. The quantitative estimate of drug-likeness (QED) is 0.323. The highest BCUT2D eigenvalue weighted by Gasteiger charge is 2.07. The highest BCUT2D eigenvalue weighted by Crippen LogP contribution is 2.29. The molecule has 0 fully saturated rings. The second-order valence-electron chi connectivity index (χ2n) is 6.93. The molecular formula is C27H22N2O2. The molecule has 1 N–H and O–H groups in total. The minimum absolute atomic E-state index is 0.117. The van der Waals surface area contributed by atoms with Crippen molar-refractivity contribution in [1.82, 2.24) is 5.43 Å². The SMILES string of the molecule is O=C(COc1ccccc1-c1ccccc1)N/N=C\c1ccc(-c2ccccc2)cc1. The molecule has 0 atom stereocenters. The molecule has 0 unspecified atom stereocenters. The maximum atomic E-state index is 12.1. The fourth-order valence-corrected chi connectivity index (χ4v) is 3.20. The molecule has 4 aromatic rings. The van der Waals surface area contributed by atoms with E-state index in [0.717, 1.165) is 27.8 Å². The predicted octanol–water partition coefficient (Wildman–Crippen LogP) is 5.55. The Hall–Kier alpha value is -4.18. The monoisotopic (exact) mass is 406 g/mol. The molecule has 0 aliphatic rings. The van der Waals surface area contributed by atoms with Crippen LogP contribution in [-0.4, -0.2) is 18.7 Å². The van der Waals surface area contributed by atoms with Crippen LogP contribution in [0, 0.1) is 0 Å². The van der Waals surface area contributed by atoms with Gasteiger partial charge in [0.25, 0.3) is 5.91 Å². The molecule has 4 nitrogen and oxygen atoms in total. The molecule has 0 spiro atoms. The number of amides is 1. The first-order valence-corrected chi connectivity index (χ1v) is 10.0. The topological polar surface area (TPSA) is 50.7 Å². The van der Waals surface area contributed by atoms with Gasteiger partial charge < -0.3 is 4.74 Å². The summed E-state index contributed by atoms with van der Waals surface area (Å²) in [6.07, 6.45) is 1.62. The van der Waals surface area contributed by atoms with E-state index in [1.807, 2.05) is 97.1 Å². The third-order valence-electron chi connectivity index (χ3n) is 4.75. The van der Waals surface area contributed by atoms with Crippen LogP contribution in [0.5, 0.6) is 5.75 Å². The molecule has 0 radical (unpaired) electrons. The fraction of sp³-hybridized carbons (Fsp3) is 0.0370. The number of hydrogen-bond donors (Lipinski definition) is 1. The number of hydrazone groups is 1. The number of hydrogen-bond acceptors (Lipinski definition) is 3. The van der Waals surface area contributed by atoms with Gasteiger partial charge in [0.2, 0.25) is 0 Å². The molecule has 31 heavy (non-hydrogen) atoms. The maximum Gasteiger partial charge on any atom is 0.277 e. The van der Waals surface area contributed by atoms with Gasteiger partial charge in [0.15, 0.2) is 6.61 Å². The summed E-state index contributed by atoms with van der Waals surface area (Å²) in [4.78, 5) is 12.1. The third kappa shape index (κ3) is 5.46. The van der Waals surface area contributed by atoms with Gasteiger partial charge in [-0.25, -0.2) is 5.43 Å². The summed E-state index contributed by atoms with van der Waals surface area (Å²) in [5.74, 6) is 0.337. The van der Waals surface area contributed by atoms with E-state index in [2.05, 4.69) is 22.7 Å². The summed E-state index contributed by atoms with van der Waals surface area (Å²) in [6, 6.07) is 35.7. The first-order chi connectivity index (χ1) is 15.3. The first-order valence-electron chi connectivity index (χ1n) is 10.0. The second kappa shape index (κ2) is 10.0. The van der Waals surface area contributed by atoms with Gasteiger partial charge in [-0.2, -0.15) is 5.10 Å². The fourth-order valence-electron chi connectivity index (χ4n) is 3.20. The van der Waals surface area contributed by atoms with E-state index in [1.165, 1.54) is 0 Å². The van der Waals surface area contributed by atoms with Crippen LogP contribution in [0.1, 0.15) is 5.56 Å². The van der Waals surface area contributed by atoms with E-state index in [-0.39, 0.29) is 12.5 Å². The van der Waals surface area contributed by atoms with Crippen molar-refractivity contribution in [2.45, 2.75) is 0 Å². The Bertz CT molecular complexity index is 1150. The lowest BCUT2D eigenvalue weighted by molar-refractivity contribution is -0.123. The van der Waals surface area contributed by atoms with Crippen LogP contribution in [0.2, 0.25) is 0 Å². The summed E-state index contributed by atoms with van der Waals surface area (Å²) >= 11 is 0. The summed E-state index contributed by atoms with van der Waals surface area (Å²) in [5, 5.41) is 4.03. The Labute approximate surface area is 181 Å². The number of nitrogens with one attached hydrogen (secondary N) is 1. The predicted molar refractivity (Wildman–Crippen MR) is 125 cm³/mol. The minimum Gasteiger partial charge on any atom is -0.483 e. The number of carbonyl (C=O) groups excluding carboxylic acids is 1. The lowest BCUT2D eigenvalue weighted by Crippen LogP contribution is -2.24. The van der Waals surface area contributed by atoms with Crippen molar-refractivity contribution in [2.24, 2.45) is 5.10 Å². The van der Waals surface area contributed by atoms with Crippen molar-refractivity contribution in [2.75, 3.05) is 6.61 Å². The van der Waals surface area contributed by atoms with Gasteiger partial charge in [-0.1, -0.05) is 103 Å². The lowest BCUT2D eigenvalue weighted by atomic mass is 10.0. The van der Waals surface area contributed by atoms with Crippen molar-refractivity contribution >= 4 is 12.1 Å². The Morgan fingerprint density at radius 1 is 0.710 bits per heavy atom. The average Bonchev–Trinajstić information content (AvgIpc) is 2.84. The van der Waals surface area contributed by atoms with E-state index in [4.69, 9.17) is 4.74 Å². The largest absolute Gasteiger partial charge is 0.483 e. The van der Waals surface area contributed by atoms with Crippen molar-refractivity contribution < 1.29 is 9.53 Å². The van der Waals surface area contributed by atoms with Crippen LogP contribution in [-0.2, 0) is 4.79 Å². The molecule has 0 aromatic heterocycles. The zero-order chi connectivity index (χ0) is 21.3. The standard InChI is InChI=1S/C27H22N2O2/c30-27(20-31-26-14-8-7-13-25(26)24-11-5-2-6-12-24)29-28-19-21-15-17-23(18-16-21)22-9-3-1-4-10-22/h1-19H,20H2,(H,29,30)/b28-19-. The molecule has 152 valence electrons. The van der Waals surface area contributed by atoms with Crippen LogP contribution in [0.25, 0.3) is 22.3 Å². The van der Waals surface area contributed by atoms with Crippen LogP contribution in [0.3, 0.4) is 0 Å². The van der Waals surface area contributed by atoms with Crippen LogP contribution in [0.4, 0.5) is 0 Å². The Morgan fingerprint density at radius 3 is 2.00 bits per heavy atom. The minimum atomic E-state index is -0.319. The number of nitrogens with zero attached hydrogens (tertiary/aromatic N) is 1. The molecule has 0 heterocycles. The van der Waals surface area contributed by atoms with E-state index in [0.29, 0.717) is 5.75 Å². The van der Waals surface area contributed by atoms with E-state index in [1.54, 1.807) is 6.21 Å². The molecule has 4 heteroatoms. The molecule has 0 saturated heterocycles.